The minimum Gasteiger partial charge on any atom is -0.411 e. The van der Waals surface area contributed by atoms with E-state index >= 15 is 0 Å². The molecule has 0 unspecified atom stereocenters. The predicted octanol–water partition coefficient (Wildman–Crippen LogP) is 4.79. The molecule has 3 nitrogen and oxygen atoms in total. The van der Waals surface area contributed by atoms with Crippen LogP contribution in [0.5, 0.6) is 0 Å². The number of aromatic nitrogens is 2. The summed E-state index contributed by atoms with van der Waals surface area (Å²) in [6.45, 7) is 0. The summed E-state index contributed by atoms with van der Waals surface area (Å²) in [5.41, 5.74) is 2.15. The number of thioether (sulfide) groups is 1. The Morgan fingerprint density at radius 2 is 1.85 bits per heavy atom. The van der Waals surface area contributed by atoms with Crippen LogP contribution in [0.1, 0.15) is 5.56 Å². The lowest BCUT2D eigenvalue weighted by Gasteiger charge is -1.97. The molecule has 0 saturated heterocycles. The molecule has 2 aromatic carbocycles. The Balaban J connectivity index is 1.71. The van der Waals surface area contributed by atoms with Crippen LogP contribution in [0.25, 0.3) is 11.5 Å². The first-order valence-corrected chi connectivity index (χ1v) is 7.85. The lowest BCUT2D eigenvalue weighted by Crippen LogP contribution is -1.79. The van der Waals surface area contributed by atoms with E-state index in [1.165, 1.54) is 5.56 Å². The number of halogens is 1. The number of rotatable bonds is 4. The molecule has 0 amide bonds. The Bertz CT molecular complexity index is 700. The van der Waals surface area contributed by atoms with E-state index in [9.17, 15) is 0 Å². The number of benzene rings is 2. The van der Waals surface area contributed by atoms with Crippen molar-refractivity contribution >= 4 is 27.7 Å². The van der Waals surface area contributed by atoms with Crippen LogP contribution < -0.4 is 0 Å². The molecule has 0 aliphatic rings. The summed E-state index contributed by atoms with van der Waals surface area (Å²) < 4.78 is 6.66. The minimum atomic E-state index is 0.543. The Morgan fingerprint density at radius 3 is 2.65 bits per heavy atom. The third-order valence-corrected chi connectivity index (χ3v) is 4.07. The molecule has 0 radical (unpaired) electrons. The summed E-state index contributed by atoms with van der Waals surface area (Å²) in [5, 5.41) is 8.74. The minimum absolute atomic E-state index is 0.543. The second-order valence-electron chi connectivity index (χ2n) is 4.16. The molecule has 0 aliphatic carbocycles. The zero-order valence-electron chi connectivity index (χ0n) is 10.5. The normalized spacial score (nSPS) is 10.7. The third kappa shape index (κ3) is 3.29. The Labute approximate surface area is 129 Å². The van der Waals surface area contributed by atoms with E-state index < -0.39 is 0 Å². The van der Waals surface area contributed by atoms with Gasteiger partial charge in [0.15, 0.2) is 0 Å². The molecule has 0 fully saturated rings. The average Bonchev–Trinajstić information content (AvgIpc) is 2.95. The molecule has 100 valence electrons. The van der Waals surface area contributed by atoms with Crippen molar-refractivity contribution in [3.63, 3.8) is 0 Å². The largest absolute Gasteiger partial charge is 0.411 e. The lowest BCUT2D eigenvalue weighted by atomic mass is 10.2. The van der Waals surface area contributed by atoms with Gasteiger partial charge in [-0.15, -0.1) is 10.2 Å². The standard InChI is InChI=1S/C15H11BrN2OS/c16-13-8-4-7-12(9-13)14-17-18-15(19-14)20-10-11-5-2-1-3-6-11/h1-9H,10H2. The van der Waals surface area contributed by atoms with Crippen molar-refractivity contribution in [2.45, 2.75) is 11.0 Å². The summed E-state index contributed by atoms with van der Waals surface area (Å²) in [6.07, 6.45) is 0. The van der Waals surface area contributed by atoms with E-state index in [1.54, 1.807) is 11.8 Å². The van der Waals surface area contributed by atoms with Gasteiger partial charge in [0, 0.05) is 15.8 Å². The van der Waals surface area contributed by atoms with Gasteiger partial charge in [0.25, 0.3) is 5.22 Å². The van der Waals surface area contributed by atoms with Crippen LogP contribution in [0.2, 0.25) is 0 Å². The van der Waals surface area contributed by atoms with Crippen LogP contribution in [-0.4, -0.2) is 10.2 Å². The van der Waals surface area contributed by atoms with Gasteiger partial charge in [0.05, 0.1) is 0 Å². The van der Waals surface area contributed by atoms with Gasteiger partial charge in [-0.1, -0.05) is 64.1 Å². The Kier molecular flexibility index (Phi) is 4.18. The lowest BCUT2D eigenvalue weighted by molar-refractivity contribution is 0.466. The maximum Gasteiger partial charge on any atom is 0.277 e. The van der Waals surface area contributed by atoms with Gasteiger partial charge in [-0.3, -0.25) is 0 Å². The molecule has 1 heterocycles. The van der Waals surface area contributed by atoms with E-state index in [0.717, 1.165) is 15.8 Å². The first-order chi connectivity index (χ1) is 9.81. The SMILES string of the molecule is Brc1cccc(-c2nnc(SCc3ccccc3)o2)c1. The zero-order chi connectivity index (χ0) is 13.8. The Hall–Kier alpha value is -1.59. The van der Waals surface area contributed by atoms with Crippen LogP contribution in [0.3, 0.4) is 0 Å². The topological polar surface area (TPSA) is 38.9 Å². The molecule has 5 heteroatoms. The van der Waals surface area contributed by atoms with Crippen molar-refractivity contribution in [1.29, 1.82) is 0 Å². The van der Waals surface area contributed by atoms with E-state index in [1.807, 2.05) is 42.5 Å². The highest BCUT2D eigenvalue weighted by Crippen LogP contribution is 2.26. The van der Waals surface area contributed by atoms with Crippen molar-refractivity contribution in [2.75, 3.05) is 0 Å². The van der Waals surface area contributed by atoms with Crippen LogP contribution in [-0.2, 0) is 5.75 Å². The van der Waals surface area contributed by atoms with Crippen LogP contribution in [0.4, 0.5) is 0 Å². The summed E-state index contributed by atoms with van der Waals surface area (Å²) in [5.74, 6) is 1.36. The fourth-order valence-electron chi connectivity index (χ4n) is 1.73. The molecular formula is C15H11BrN2OS. The van der Waals surface area contributed by atoms with E-state index in [4.69, 9.17) is 4.42 Å². The van der Waals surface area contributed by atoms with Crippen molar-refractivity contribution < 1.29 is 4.42 Å². The summed E-state index contributed by atoms with van der Waals surface area (Å²) in [4.78, 5) is 0. The summed E-state index contributed by atoms with van der Waals surface area (Å²) in [6, 6.07) is 18.0. The molecule has 0 saturated carbocycles. The van der Waals surface area contributed by atoms with Gasteiger partial charge in [-0.05, 0) is 23.8 Å². The van der Waals surface area contributed by atoms with Crippen LogP contribution >= 0.6 is 27.7 Å². The second-order valence-corrected chi connectivity index (χ2v) is 6.00. The number of hydrogen-bond donors (Lipinski definition) is 0. The predicted molar refractivity (Wildman–Crippen MR) is 83.4 cm³/mol. The van der Waals surface area contributed by atoms with Gasteiger partial charge < -0.3 is 4.42 Å². The van der Waals surface area contributed by atoms with E-state index in [0.29, 0.717) is 11.1 Å². The highest BCUT2D eigenvalue weighted by atomic mass is 79.9. The molecule has 0 bridgehead atoms. The second kappa shape index (κ2) is 6.24. The quantitative estimate of drug-likeness (QED) is 0.636. The maximum atomic E-state index is 5.67. The number of hydrogen-bond acceptors (Lipinski definition) is 4. The summed E-state index contributed by atoms with van der Waals surface area (Å²) in [7, 11) is 0. The fraction of sp³-hybridized carbons (Fsp3) is 0.0667. The molecule has 0 atom stereocenters. The monoisotopic (exact) mass is 346 g/mol. The van der Waals surface area contributed by atoms with Crippen LogP contribution in [0.15, 0.2) is 68.7 Å². The molecule has 1 aromatic heterocycles. The fourth-order valence-corrected chi connectivity index (χ4v) is 2.84. The van der Waals surface area contributed by atoms with Gasteiger partial charge in [-0.2, -0.15) is 0 Å². The summed E-state index contributed by atoms with van der Waals surface area (Å²) >= 11 is 4.97. The molecular weight excluding hydrogens is 336 g/mol. The van der Waals surface area contributed by atoms with Gasteiger partial charge in [0.1, 0.15) is 0 Å². The van der Waals surface area contributed by atoms with E-state index in [2.05, 4.69) is 38.3 Å². The molecule has 0 aliphatic heterocycles. The molecule has 0 spiro atoms. The van der Waals surface area contributed by atoms with Crippen molar-refractivity contribution in [1.82, 2.24) is 10.2 Å². The molecule has 0 N–H and O–H groups in total. The van der Waals surface area contributed by atoms with E-state index in [-0.39, 0.29) is 0 Å². The highest BCUT2D eigenvalue weighted by Gasteiger charge is 2.09. The maximum absolute atomic E-state index is 5.67. The van der Waals surface area contributed by atoms with Gasteiger partial charge in [-0.25, -0.2) is 0 Å². The van der Waals surface area contributed by atoms with Gasteiger partial charge >= 0.3 is 0 Å². The van der Waals surface area contributed by atoms with Gasteiger partial charge in [0.2, 0.25) is 5.89 Å². The first-order valence-electron chi connectivity index (χ1n) is 6.07. The molecule has 3 rings (SSSR count). The van der Waals surface area contributed by atoms with Crippen molar-refractivity contribution in [3.8, 4) is 11.5 Å². The van der Waals surface area contributed by atoms with Crippen molar-refractivity contribution in [2.24, 2.45) is 0 Å². The van der Waals surface area contributed by atoms with Crippen molar-refractivity contribution in [3.05, 3.63) is 64.6 Å². The smallest absolute Gasteiger partial charge is 0.277 e. The number of nitrogens with zero attached hydrogens (tertiary/aromatic N) is 2. The average molecular weight is 347 g/mol. The zero-order valence-corrected chi connectivity index (χ0v) is 12.9. The first kappa shape index (κ1) is 13.4. The molecule has 20 heavy (non-hydrogen) atoms. The Morgan fingerprint density at radius 1 is 1.00 bits per heavy atom. The molecule has 3 aromatic rings. The van der Waals surface area contributed by atoms with Crippen LogP contribution in [0, 0.1) is 0 Å². The third-order valence-electron chi connectivity index (χ3n) is 2.68. The highest BCUT2D eigenvalue weighted by molar-refractivity contribution is 9.10.